The van der Waals surface area contributed by atoms with Gasteiger partial charge in [0.2, 0.25) is 0 Å². The standard InChI is InChI=1S/C17H17F3N4O2/c1-26-14-5-3-2-4-12(14)13-6-7-15(22-21-13)23-8-10-24(11-9-23)16(25)17(18,19)20/h2-7H,8-11H2,1H3. The Bertz CT molecular complexity index is 772. The van der Waals surface area contributed by atoms with Crippen LogP contribution in [0.4, 0.5) is 19.0 Å². The van der Waals surface area contributed by atoms with Crippen molar-refractivity contribution in [1.82, 2.24) is 15.1 Å². The van der Waals surface area contributed by atoms with E-state index in [0.717, 1.165) is 10.5 Å². The lowest BCUT2D eigenvalue weighted by Crippen LogP contribution is -2.52. The molecule has 0 bridgehead atoms. The Balaban J connectivity index is 1.68. The molecule has 0 spiro atoms. The summed E-state index contributed by atoms with van der Waals surface area (Å²) in [6.45, 7) is 0.525. The smallest absolute Gasteiger partial charge is 0.471 e. The number of para-hydroxylation sites is 1. The van der Waals surface area contributed by atoms with Gasteiger partial charge in [-0.2, -0.15) is 13.2 Å². The highest BCUT2D eigenvalue weighted by Gasteiger charge is 2.43. The van der Waals surface area contributed by atoms with Crippen LogP contribution in [0.2, 0.25) is 0 Å². The van der Waals surface area contributed by atoms with E-state index in [9.17, 15) is 18.0 Å². The van der Waals surface area contributed by atoms with Crippen LogP contribution in [0.25, 0.3) is 11.3 Å². The van der Waals surface area contributed by atoms with Gasteiger partial charge in [-0.15, -0.1) is 10.2 Å². The molecule has 1 aromatic carbocycles. The van der Waals surface area contributed by atoms with E-state index < -0.39 is 12.1 Å². The molecule has 9 heteroatoms. The van der Waals surface area contributed by atoms with Crippen LogP contribution in [-0.2, 0) is 4.79 Å². The third-order valence-corrected chi connectivity index (χ3v) is 4.17. The van der Waals surface area contributed by atoms with Gasteiger partial charge in [-0.1, -0.05) is 12.1 Å². The molecule has 0 atom stereocenters. The number of hydrogen-bond donors (Lipinski definition) is 0. The Morgan fingerprint density at radius 3 is 2.31 bits per heavy atom. The molecular formula is C17H17F3N4O2. The van der Waals surface area contributed by atoms with Gasteiger partial charge >= 0.3 is 12.1 Å². The zero-order chi connectivity index (χ0) is 18.7. The molecule has 3 rings (SSSR count). The molecule has 1 fully saturated rings. The van der Waals surface area contributed by atoms with E-state index in [1.54, 1.807) is 24.1 Å². The normalized spacial score (nSPS) is 15.1. The summed E-state index contributed by atoms with van der Waals surface area (Å²) in [5, 5.41) is 8.36. The van der Waals surface area contributed by atoms with E-state index in [1.807, 2.05) is 24.3 Å². The van der Waals surface area contributed by atoms with Gasteiger partial charge in [0.1, 0.15) is 5.75 Å². The predicted octanol–water partition coefficient (Wildman–Crippen LogP) is 2.36. The molecular weight excluding hydrogens is 349 g/mol. The largest absolute Gasteiger partial charge is 0.496 e. The number of rotatable bonds is 3. The monoisotopic (exact) mass is 366 g/mol. The Hall–Kier alpha value is -2.84. The number of methoxy groups -OCH3 is 1. The Kier molecular flexibility index (Phi) is 4.97. The molecule has 1 amide bonds. The zero-order valence-electron chi connectivity index (χ0n) is 14.0. The average molecular weight is 366 g/mol. The third-order valence-electron chi connectivity index (χ3n) is 4.17. The minimum Gasteiger partial charge on any atom is -0.496 e. The maximum atomic E-state index is 12.5. The summed E-state index contributed by atoms with van der Waals surface area (Å²) in [5.74, 6) is -0.564. The Labute approximate surface area is 148 Å². The molecule has 0 aliphatic carbocycles. The first kappa shape index (κ1) is 18.0. The molecule has 1 saturated heterocycles. The summed E-state index contributed by atoms with van der Waals surface area (Å²) >= 11 is 0. The number of nitrogens with zero attached hydrogens (tertiary/aromatic N) is 4. The van der Waals surface area contributed by atoms with Crippen molar-refractivity contribution < 1.29 is 22.7 Å². The van der Waals surface area contributed by atoms with Crippen molar-refractivity contribution in [2.24, 2.45) is 0 Å². The van der Waals surface area contributed by atoms with Crippen molar-refractivity contribution >= 4 is 11.7 Å². The fraction of sp³-hybridized carbons (Fsp3) is 0.353. The van der Waals surface area contributed by atoms with Crippen LogP contribution in [0.3, 0.4) is 0 Å². The van der Waals surface area contributed by atoms with Crippen molar-refractivity contribution in [3.8, 4) is 17.0 Å². The van der Waals surface area contributed by atoms with E-state index in [0.29, 0.717) is 17.3 Å². The van der Waals surface area contributed by atoms with Crippen molar-refractivity contribution in [2.75, 3.05) is 38.2 Å². The number of halogens is 3. The second-order valence-electron chi connectivity index (χ2n) is 5.75. The number of amides is 1. The maximum absolute atomic E-state index is 12.5. The minimum atomic E-state index is -4.83. The van der Waals surface area contributed by atoms with Gasteiger partial charge in [0.15, 0.2) is 5.82 Å². The number of piperazine rings is 1. The fourth-order valence-electron chi connectivity index (χ4n) is 2.81. The van der Waals surface area contributed by atoms with Crippen molar-refractivity contribution in [2.45, 2.75) is 6.18 Å². The summed E-state index contributed by atoms with van der Waals surface area (Å²) in [6, 6.07) is 10.9. The first-order chi connectivity index (χ1) is 12.4. The van der Waals surface area contributed by atoms with E-state index in [2.05, 4.69) is 10.2 Å². The summed E-state index contributed by atoms with van der Waals surface area (Å²) in [5.41, 5.74) is 1.44. The topological polar surface area (TPSA) is 58.6 Å². The number of hydrogen-bond acceptors (Lipinski definition) is 5. The third kappa shape index (κ3) is 3.71. The number of aromatic nitrogens is 2. The van der Waals surface area contributed by atoms with Gasteiger partial charge < -0.3 is 14.5 Å². The molecule has 0 saturated carbocycles. The second-order valence-corrected chi connectivity index (χ2v) is 5.75. The first-order valence-corrected chi connectivity index (χ1v) is 7.98. The first-order valence-electron chi connectivity index (χ1n) is 7.98. The van der Waals surface area contributed by atoms with Crippen LogP contribution in [0.1, 0.15) is 0 Å². The molecule has 1 aliphatic rings. The molecule has 0 unspecified atom stereocenters. The predicted molar refractivity (Wildman–Crippen MR) is 88.9 cm³/mol. The number of anilines is 1. The van der Waals surface area contributed by atoms with Crippen LogP contribution in [0.15, 0.2) is 36.4 Å². The number of ether oxygens (including phenoxy) is 1. The average Bonchev–Trinajstić information content (AvgIpc) is 2.67. The Morgan fingerprint density at radius 1 is 1.04 bits per heavy atom. The quantitative estimate of drug-likeness (QED) is 0.835. The molecule has 1 aromatic heterocycles. The van der Waals surface area contributed by atoms with E-state index >= 15 is 0 Å². The van der Waals surface area contributed by atoms with E-state index in [1.165, 1.54) is 0 Å². The van der Waals surface area contributed by atoms with Crippen LogP contribution in [0, 0.1) is 0 Å². The van der Waals surface area contributed by atoms with Crippen molar-refractivity contribution in [1.29, 1.82) is 0 Å². The second kappa shape index (κ2) is 7.19. The van der Waals surface area contributed by atoms with Crippen LogP contribution in [-0.4, -0.2) is 60.5 Å². The lowest BCUT2D eigenvalue weighted by molar-refractivity contribution is -0.185. The number of alkyl halides is 3. The molecule has 138 valence electrons. The summed E-state index contributed by atoms with van der Waals surface area (Å²) in [6.07, 6.45) is -4.83. The summed E-state index contributed by atoms with van der Waals surface area (Å²) in [7, 11) is 1.57. The number of carbonyl (C=O) groups excluding carboxylic acids is 1. The number of benzene rings is 1. The van der Waals surface area contributed by atoms with E-state index in [-0.39, 0.29) is 26.2 Å². The van der Waals surface area contributed by atoms with Gasteiger partial charge in [0.25, 0.3) is 0 Å². The maximum Gasteiger partial charge on any atom is 0.471 e. The summed E-state index contributed by atoms with van der Waals surface area (Å²) in [4.78, 5) is 13.9. The Morgan fingerprint density at radius 2 is 1.73 bits per heavy atom. The molecule has 2 heterocycles. The molecule has 1 aliphatic heterocycles. The fourth-order valence-corrected chi connectivity index (χ4v) is 2.81. The van der Waals surface area contributed by atoms with Gasteiger partial charge in [-0.3, -0.25) is 4.79 Å². The molecule has 0 radical (unpaired) electrons. The molecule has 26 heavy (non-hydrogen) atoms. The van der Waals surface area contributed by atoms with Crippen LogP contribution in [0.5, 0.6) is 5.75 Å². The van der Waals surface area contributed by atoms with Crippen LogP contribution >= 0.6 is 0 Å². The highest BCUT2D eigenvalue weighted by atomic mass is 19.4. The zero-order valence-corrected chi connectivity index (χ0v) is 14.0. The van der Waals surface area contributed by atoms with Gasteiger partial charge in [0, 0.05) is 31.7 Å². The lowest BCUT2D eigenvalue weighted by Gasteiger charge is -2.35. The highest BCUT2D eigenvalue weighted by Crippen LogP contribution is 2.28. The van der Waals surface area contributed by atoms with Gasteiger partial charge in [0.05, 0.1) is 12.8 Å². The minimum absolute atomic E-state index is 0.00567. The molecule has 0 N–H and O–H groups in total. The lowest BCUT2D eigenvalue weighted by atomic mass is 10.1. The SMILES string of the molecule is COc1ccccc1-c1ccc(N2CCN(C(=O)C(F)(F)F)CC2)nn1. The summed E-state index contributed by atoms with van der Waals surface area (Å²) < 4.78 is 42.8. The molecule has 2 aromatic rings. The van der Waals surface area contributed by atoms with E-state index in [4.69, 9.17) is 4.74 Å². The van der Waals surface area contributed by atoms with Crippen molar-refractivity contribution in [3.63, 3.8) is 0 Å². The van der Waals surface area contributed by atoms with Gasteiger partial charge in [-0.25, -0.2) is 0 Å². The highest BCUT2D eigenvalue weighted by molar-refractivity contribution is 5.82. The molecule has 6 nitrogen and oxygen atoms in total. The number of carbonyl (C=O) groups is 1. The van der Waals surface area contributed by atoms with Crippen molar-refractivity contribution in [3.05, 3.63) is 36.4 Å². The van der Waals surface area contributed by atoms with Crippen LogP contribution < -0.4 is 9.64 Å². The van der Waals surface area contributed by atoms with Gasteiger partial charge in [-0.05, 0) is 24.3 Å².